The van der Waals surface area contributed by atoms with Crippen LogP contribution in [0.4, 0.5) is 5.69 Å². The second kappa shape index (κ2) is 8.05. The molecule has 5 rings (SSSR count). The molecule has 1 saturated carbocycles. The van der Waals surface area contributed by atoms with Crippen molar-refractivity contribution in [3.8, 4) is 0 Å². The number of carboxylic acids is 1. The highest BCUT2D eigenvalue weighted by Gasteiger charge is 2.52. The average molecular weight is 436 g/mol. The van der Waals surface area contributed by atoms with Crippen LogP contribution in [0.3, 0.4) is 0 Å². The van der Waals surface area contributed by atoms with E-state index in [1.165, 1.54) is 29.7 Å². The maximum atomic E-state index is 12.8. The molecule has 6 heteroatoms. The molecule has 0 bridgehead atoms. The van der Waals surface area contributed by atoms with Gasteiger partial charge in [0.1, 0.15) is 0 Å². The fraction of sp³-hybridized carbons (Fsp3) is 0.577. The third-order valence-corrected chi connectivity index (χ3v) is 8.24. The van der Waals surface area contributed by atoms with Crippen LogP contribution in [-0.2, 0) is 24.2 Å². The Bertz CT molecular complexity index is 1070. The number of carbonyl (C=O) groups excluding carboxylic acids is 1. The predicted molar refractivity (Wildman–Crippen MR) is 123 cm³/mol. The monoisotopic (exact) mass is 435 g/mol. The van der Waals surface area contributed by atoms with Crippen molar-refractivity contribution in [1.82, 2.24) is 9.78 Å². The van der Waals surface area contributed by atoms with Crippen LogP contribution >= 0.6 is 0 Å². The van der Waals surface area contributed by atoms with Gasteiger partial charge in [-0.2, -0.15) is 5.10 Å². The van der Waals surface area contributed by atoms with Gasteiger partial charge >= 0.3 is 5.97 Å². The maximum absolute atomic E-state index is 12.8. The van der Waals surface area contributed by atoms with E-state index in [1.54, 1.807) is 4.68 Å². The van der Waals surface area contributed by atoms with Crippen molar-refractivity contribution in [2.75, 3.05) is 18.0 Å². The van der Waals surface area contributed by atoms with E-state index in [0.29, 0.717) is 17.8 Å². The van der Waals surface area contributed by atoms with E-state index in [1.807, 2.05) is 0 Å². The van der Waals surface area contributed by atoms with Crippen LogP contribution in [0.1, 0.15) is 71.4 Å². The third kappa shape index (κ3) is 3.74. The maximum Gasteiger partial charge on any atom is 0.356 e. The van der Waals surface area contributed by atoms with Crippen molar-refractivity contribution in [2.45, 2.75) is 71.8 Å². The van der Waals surface area contributed by atoms with Crippen LogP contribution in [0.2, 0.25) is 0 Å². The zero-order valence-electron chi connectivity index (χ0n) is 19.2. The normalized spacial score (nSPS) is 21.1. The predicted octanol–water partition coefficient (Wildman–Crippen LogP) is 4.34. The second-order valence-corrected chi connectivity index (χ2v) is 10.2. The number of piperidine rings is 1. The molecule has 2 aliphatic carbocycles. The van der Waals surface area contributed by atoms with E-state index in [9.17, 15) is 14.7 Å². The van der Waals surface area contributed by atoms with Crippen LogP contribution in [0, 0.1) is 25.2 Å². The number of Topliss-reactive ketones (excluding diaryl/α,β-unsaturated/α-hetero) is 1. The standard InChI is InChI=1S/C26H33N3O3/c1-17-5-3-7-22(18(17)2)28-14-11-19(26(16-28)12-13-26)9-10-20(30)15-29-23-8-4-6-21(23)24(27-29)25(31)32/h3,5,7,19H,4,6,8-16H2,1-2H3,(H,31,32). The molecule has 6 nitrogen and oxygen atoms in total. The lowest BCUT2D eigenvalue weighted by Gasteiger charge is -2.41. The van der Waals surface area contributed by atoms with Crippen LogP contribution in [0.15, 0.2) is 18.2 Å². The molecule has 1 spiro atoms. The molecule has 1 unspecified atom stereocenters. The highest BCUT2D eigenvalue weighted by molar-refractivity contribution is 5.88. The Morgan fingerprint density at radius 2 is 2.03 bits per heavy atom. The summed E-state index contributed by atoms with van der Waals surface area (Å²) in [7, 11) is 0. The number of nitrogens with zero attached hydrogens (tertiary/aromatic N) is 3. The van der Waals surface area contributed by atoms with Gasteiger partial charge in [0.15, 0.2) is 11.5 Å². The summed E-state index contributed by atoms with van der Waals surface area (Å²) in [6.07, 6.45) is 7.70. The van der Waals surface area contributed by atoms with Crippen molar-refractivity contribution in [1.29, 1.82) is 0 Å². The molecule has 1 saturated heterocycles. The van der Waals surface area contributed by atoms with Crippen LogP contribution < -0.4 is 4.90 Å². The SMILES string of the molecule is Cc1cccc(N2CCC(CCC(=O)Cn3nc(C(=O)O)c4c3CCC4)C3(CC3)C2)c1C. The summed E-state index contributed by atoms with van der Waals surface area (Å²) in [5.41, 5.74) is 6.39. The zero-order valence-corrected chi connectivity index (χ0v) is 19.2. The number of rotatable bonds is 7. The van der Waals surface area contributed by atoms with Gasteiger partial charge in [-0.05, 0) is 87.3 Å². The van der Waals surface area contributed by atoms with Crippen molar-refractivity contribution in [3.05, 3.63) is 46.3 Å². The van der Waals surface area contributed by atoms with Gasteiger partial charge < -0.3 is 10.0 Å². The molecule has 0 radical (unpaired) electrons. The van der Waals surface area contributed by atoms with E-state index in [0.717, 1.165) is 56.5 Å². The van der Waals surface area contributed by atoms with E-state index in [4.69, 9.17) is 0 Å². The van der Waals surface area contributed by atoms with E-state index in [-0.39, 0.29) is 18.0 Å². The van der Waals surface area contributed by atoms with Gasteiger partial charge in [-0.3, -0.25) is 9.48 Å². The van der Waals surface area contributed by atoms with Gasteiger partial charge in [0, 0.05) is 36.5 Å². The van der Waals surface area contributed by atoms with Gasteiger partial charge in [-0.25, -0.2) is 4.79 Å². The number of aromatic carboxylic acids is 1. The summed E-state index contributed by atoms with van der Waals surface area (Å²) in [6, 6.07) is 6.58. The molecular formula is C26H33N3O3. The van der Waals surface area contributed by atoms with Gasteiger partial charge in [-0.1, -0.05) is 12.1 Å². The lowest BCUT2D eigenvalue weighted by Crippen LogP contribution is -2.42. The molecule has 1 aromatic carbocycles. The van der Waals surface area contributed by atoms with Crippen LogP contribution in [-0.4, -0.2) is 39.7 Å². The van der Waals surface area contributed by atoms with Crippen LogP contribution in [0.5, 0.6) is 0 Å². The smallest absolute Gasteiger partial charge is 0.356 e. The third-order valence-electron chi connectivity index (χ3n) is 8.24. The highest BCUT2D eigenvalue weighted by Crippen LogP contribution is 2.57. The Morgan fingerprint density at radius 1 is 1.22 bits per heavy atom. The molecule has 1 N–H and O–H groups in total. The first kappa shape index (κ1) is 21.2. The minimum Gasteiger partial charge on any atom is -0.476 e. The summed E-state index contributed by atoms with van der Waals surface area (Å²) < 4.78 is 1.67. The number of benzene rings is 1. The number of fused-ring (bicyclic) bond motifs is 1. The molecule has 2 heterocycles. The molecule has 1 aliphatic heterocycles. The largest absolute Gasteiger partial charge is 0.476 e. The molecule has 2 fully saturated rings. The van der Waals surface area contributed by atoms with E-state index >= 15 is 0 Å². The first-order chi connectivity index (χ1) is 15.4. The quantitative estimate of drug-likeness (QED) is 0.700. The minimum atomic E-state index is -0.986. The lowest BCUT2D eigenvalue weighted by atomic mass is 9.79. The summed E-state index contributed by atoms with van der Waals surface area (Å²) in [5.74, 6) is -0.210. The Balaban J connectivity index is 1.20. The number of carboxylic acid groups (broad SMARTS) is 1. The summed E-state index contributed by atoms with van der Waals surface area (Å²) in [4.78, 5) is 26.9. The molecule has 3 aliphatic rings. The average Bonchev–Trinajstić information content (AvgIpc) is 3.20. The van der Waals surface area contributed by atoms with E-state index in [2.05, 4.69) is 42.0 Å². The molecular weight excluding hydrogens is 402 g/mol. The second-order valence-electron chi connectivity index (χ2n) is 10.2. The fourth-order valence-electron chi connectivity index (χ4n) is 6.06. The number of ketones is 1. The van der Waals surface area contributed by atoms with Crippen molar-refractivity contribution >= 4 is 17.4 Å². The van der Waals surface area contributed by atoms with Gasteiger partial charge in [0.2, 0.25) is 0 Å². The first-order valence-corrected chi connectivity index (χ1v) is 12.0. The number of carbonyl (C=O) groups is 2. The van der Waals surface area contributed by atoms with Gasteiger partial charge in [0.25, 0.3) is 0 Å². The topological polar surface area (TPSA) is 75.4 Å². The number of aromatic nitrogens is 2. The first-order valence-electron chi connectivity index (χ1n) is 12.0. The summed E-state index contributed by atoms with van der Waals surface area (Å²) in [6.45, 7) is 6.77. The molecule has 170 valence electrons. The lowest BCUT2D eigenvalue weighted by molar-refractivity contribution is -0.120. The molecule has 32 heavy (non-hydrogen) atoms. The Hall–Kier alpha value is -2.63. The van der Waals surface area contributed by atoms with Crippen molar-refractivity contribution < 1.29 is 14.7 Å². The Kier molecular flexibility index (Phi) is 5.34. The highest BCUT2D eigenvalue weighted by atomic mass is 16.4. The zero-order chi connectivity index (χ0) is 22.5. The van der Waals surface area contributed by atoms with Crippen LogP contribution in [0.25, 0.3) is 0 Å². The molecule has 0 amide bonds. The molecule has 1 atom stereocenters. The summed E-state index contributed by atoms with van der Waals surface area (Å²) in [5, 5.41) is 13.7. The van der Waals surface area contributed by atoms with E-state index < -0.39 is 5.97 Å². The number of aryl methyl sites for hydroxylation is 1. The fourth-order valence-corrected chi connectivity index (χ4v) is 6.06. The minimum absolute atomic E-state index is 0.140. The number of anilines is 1. The van der Waals surface area contributed by atoms with Crippen molar-refractivity contribution in [2.24, 2.45) is 11.3 Å². The Labute approximate surface area is 189 Å². The molecule has 1 aromatic heterocycles. The number of hydrogen-bond donors (Lipinski definition) is 1. The van der Waals surface area contributed by atoms with Gasteiger partial charge in [0.05, 0.1) is 6.54 Å². The van der Waals surface area contributed by atoms with Gasteiger partial charge in [-0.15, -0.1) is 0 Å². The number of hydrogen-bond acceptors (Lipinski definition) is 4. The Morgan fingerprint density at radius 3 is 2.78 bits per heavy atom. The summed E-state index contributed by atoms with van der Waals surface area (Å²) >= 11 is 0. The molecule has 2 aromatic rings. The van der Waals surface area contributed by atoms with Crippen molar-refractivity contribution in [3.63, 3.8) is 0 Å².